The maximum Gasteiger partial charge on any atom is 0.417 e. The van der Waals surface area contributed by atoms with Crippen LogP contribution in [0.1, 0.15) is 41.0 Å². The van der Waals surface area contributed by atoms with Gasteiger partial charge in [0.15, 0.2) is 0 Å². The second kappa shape index (κ2) is 3.83. The van der Waals surface area contributed by atoms with Gasteiger partial charge in [-0.25, -0.2) is 9.69 Å². The molecule has 15 heavy (non-hydrogen) atoms. The number of imide groups is 1. The van der Waals surface area contributed by atoms with Gasteiger partial charge >= 0.3 is 6.09 Å². The Morgan fingerprint density at radius 2 is 1.93 bits per heavy atom. The summed E-state index contributed by atoms with van der Waals surface area (Å²) in [6.45, 7) is 9.08. The molecule has 0 aromatic carbocycles. The summed E-state index contributed by atoms with van der Waals surface area (Å²) in [5.74, 6) is -0.204. The second-order valence-corrected chi connectivity index (χ2v) is 5.17. The number of amides is 2. The third-order valence-electron chi connectivity index (χ3n) is 2.38. The Labute approximate surface area is 90.6 Å². The van der Waals surface area contributed by atoms with Gasteiger partial charge in [-0.1, -0.05) is 6.92 Å². The lowest BCUT2D eigenvalue weighted by molar-refractivity contribution is -0.130. The summed E-state index contributed by atoms with van der Waals surface area (Å²) >= 11 is 0. The smallest absolute Gasteiger partial charge is 0.417 e. The Hall–Kier alpha value is -1.06. The topological polar surface area (TPSA) is 46.6 Å². The van der Waals surface area contributed by atoms with E-state index in [1.165, 1.54) is 4.90 Å². The minimum absolute atomic E-state index is 0.0534. The van der Waals surface area contributed by atoms with Gasteiger partial charge in [0.25, 0.3) is 0 Å². The van der Waals surface area contributed by atoms with Gasteiger partial charge in [0.05, 0.1) is 0 Å². The zero-order valence-electron chi connectivity index (χ0n) is 10.0. The van der Waals surface area contributed by atoms with Crippen LogP contribution >= 0.6 is 0 Å². The van der Waals surface area contributed by atoms with Gasteiger partial charge in [-0.15, -0.1) is 0 Å². The van der Waals surface area contributed by atoms with Crippen molar-refractivity contribution in [2.45, 2.75) is 52.7 Å². The van der Waals surface area contributed by atoms with E-state index in [0.29, 0.717) is 0 Å². The van der Waals surface area contributed by atoms with Crippen LogP contribution in [0.2, 0.25) is 0 Å². The minimum atomic E-state index is -0.553. The molecular weight excluding hydrogens is 194 g/mol. The molecule has 1 rings (SSSR count). The molecule has 2 amide bonds. The number of ether oxygens (including phenoxy) is 1. The highest BCUT2D eigenvalue weighted by Crippen LogP contribution is 2.25. The van der Waals surface area contributed by atoms with Gasteiger partial charge < -0.3 is 4.74 Å². The van der Waals surface area contributed by atoms with Gasteiger partial charge in [0.2, 0.25) is 5.91 Å². The van der Waals surface area contributed by atoms with Crippen LogP contribution in [-0.2, 0) is 9.53 Å². The molecule has 0 saturated carbocycles. The maximum absolute atomic E-state index is 11.7. The van der Waals surface area contributed by atoms with Gasteiger partial charge in [-0.3, -0.25) is 4.79 Å². The van der Waals surface area contributed by atoms with Crippen LogP contribution in [0, 0.1) is 5.92 Å². The molecule has 1 aliphatic rings. The van der Waals surface area contributed by atoms with Gasteiger partial charge in [-0.2, -0.15) is 0 Å². The average molecular weight is 213 g/mol. The summed E-state index contributed by atoms with van der Waals surface area (Å²) in [7, 11) is 0. The molecule has 0 radical (unpaired) electrons. The highest BCUT2D eigenvalue weighted by atomic mass is 16.6. The Kier molecular flexibility index (Phi) is 3.07. The Bertz CT molecular complexity index is 280. The van der Waals surface area contributed by atoms with Crippen molar-refractivity contribution in [2.75, 3.05) is 0 Å². The lowest BCUT2D eigenvalue weighted by atomic mass is 10.1. The predicted octanol–water partition coefficient (Wildman–Crippen LogP) is 2.18. The van der Waals surface area contributed by atoms with Crippen LogP contribution in [0.25, 0.3) is 0 Å². The van der Waals surface area contributed by atoms with Crippen LogP contribution in [0.15, 0.2) is 0 Å². The van der Waals surface area contributed by atoms with E-state index in [4.69, 9.17) is 4.74 Å². The Morgan fingerprint density at radius 3 is 2.27 bits per heavy atom. The zero-order chi connectivity index (χ0) is 11.8. The van der Waals surface area contributed by atoms with Crippen molar-refractivity contribution in [1.29, 1.82) is 0 Å². The third kappa shape index (κ3) is 2.70. The van der Waals surface area contributed by atoms with E-state index < -0.39 is 11.7 Å². The van der Waals surface area contributed by atoms with Crippen LogP contribution in [0.4, 0.5) is 4.79 Å². The van der Waals surface area contributed by atoms with Crippen molar-refractivity contribution < 1.29 is 14.3 Å². The van der Waals surface area contributed by atoms with Crippen LogP contribution in [-0.4, -0.2) is 28.5 Å². The first-order chi connectivity index (χ1) is 6.72. The highest BCUT2D eigenvalue weighted by Gasteiger charge is 2.40. The SMILES string of the molecule is C[C@@H]1C[C@H](C)C(=O)N1C(=O)OC(C)(C)C. The summed E-state index contributed by atoms with van der Waals surface area (Å²) in [5, 5.41) is 0. The molecule has 0 aliphatic carbocycles. The standard InChI is InChI=1S/C11H19NO3/c1-7-6-8(2)12(9(7)13)10(14)15-11(3,4)5/h7-8H,6H2,1-5H3/t7-,8+/m0/s1. The van der Waals surface area contributed by atoms with E-state index in [2.05, 4.69) is 0 Å². The van der Waals surface area contributed by atoms with E-state index in [9.17, 15) is 9.59 Å². The van der Waals surface area contributed by atoms with E-state index >= 15 is 0 Å². The monoisotopic (exact) mass is 213 g/mol. The van der Waals surface area contributed by atoms with Gasteiger partial charge in [0.1, 0.15) is 5.60 Å². The average Bonchev–Trinajstić information content (AvgIpc) is 2.22. The molecule has 0 unspecified atom stereocenters. The Balaban J connectivity index is 2.72. The molecule has 0 bridgehead atoms. The lowest BCUT2D eigenvalue weighted by Crippen LogP contribution is -2.41. The Morgan fingerprint density at radius 1 is 1.40 bits per heavy atom. The lowest BCUT2D eigenvalue weighted by Gasteiger charge is -2.25. The van der Waals surface area contributed by atoms with Crippen molar-refractivity contribution in [1.82, 2.24) is 4.90 Å². The molecule has 0 N–H and O–H groups in total. The molecule has 2 atom stereocenters. The molecule has 0 aromatic rings. The fourth-order valence-electron chi connectivity index (χ4n) is 1.75. The van der Waals surface area contributed by atoms with Crippen molar-refractivity contribution in [3.63, 3.8) is 0 Å². The molecule has 1 aliphatic heterocycles. The number of rotatable bonds is 0. The van der Waals surface area contributed by atoms with Crippen LogP contribution in [0.5, 0.6) is 0 Å². The van der Waals surface area contributed by atoms with Gasteiger partial charge in [0, 0.05) is 12.0 Å². The number of likely N-dealkylation sites (tertiary alicyclic amines) is 1. The van der Waals surface area contributed by atoms with Crippen molar-refractivity contribution >= 4 is 12.0 Å². The van der Waals surface area contributed by atoms with Crippen LogP contribution < -0.4 is 0 Å². The summed E-state index contributed by atoms with van der Waals surface area (Å²) in [6.07, 6.45) is 0.197. The van der Waals surface area contributed by atoms with Gasteiger partial charge in [-0.05, 0) is 34.1 Å². The summed E-state index contributed by atoms with van der Waals surface area (Å²) in [4.78, 5) is 24.6. The number of hydrogen-bond donors (Lipinski definition) is 0. The first-order valence-electron chi connectivity index (χ1n) is 5.28. The van der Waals surface area contributed by atoms with E-state index in [1.807, 2.05) is 13.8 Å². The fourth-order valence-corrected chi connectivity index (χ4v) is 1.75. The first-order valence-corrected chi connectivity index (χ1v) is 5.28. The largest absolute Gasteiger partial charge is 0.443 e. The van der Waals surface area contributed by atoms with E-state index in [1.54, 1.807) is 20.8 Å². The minimum Gasteiger partial charge on any atom is -0.443 e. The summed E-state index contributed by atoms with van der Waals surface area (Å²) < 4.78 is 5.18. The normalized spacial score (nSPS) is 27.0. The molecule has 1 fully saturated rings. The molecule has 0 aromatic heterocycles. The van der Waals surface area contributed by atoms with Crippen molar-refractivity contribution in [3.05, 3.63) is 0 Å². The van der Waals surface area contributed by atoms with E-state index in [-0.39, 0.29) is 17.9 Å². The zero-order valence-corrected chi connectivity index (χ0v) is 10.0. The molecule has 86 valence electrons. The number of carbonyl (C=O) groups excluding carboxylic acids is 2. The first kappa shape index (κ1) is 12.0. The van der Waals surface area contributed by atoms with E-state index in [0.717, 1.165) is 6.42 Å². The summed E-state index contributed by atoms with van der Waals surface area (Å²) in [5.41, 5.74) is -0.553. The number of nitrogens with zero attached hydrogens (tertiary/aromatic N) is 1. The van der Waals surface area contributed by atoms with Crippen molar-refractivity contribution in [2.24, 2.45) is 5.92 Å². The molecule has 1 heterocycles. The predicted molar refractivity (Wildman–Crippen MR) is 56.3 cm³/mol. The maximum atomic E-state index is 11.7. The molecule has 0 spiro atoms. The quantitative estimate of drug-likeness (QED) is 0.619. The summed E-state index contributed by atoms with van der Waals surface area (Å²) in [6, 6.07) is -0.0534. The highest BCUT2D eigenvalue weighted by molar-refractivity contribution is 5.95. The second-order valence-electron chi connectivity index (χ2n) is 5.17. The van der Waals surface area contributed by atoms with Crippen LogP contribution in [0.3, 0.4) is 0 Å². The fraction of sp³-hybridized carbons (Fsp3) is 0.818. The molecule has 4 heteroatoms. The molecular formula is C11H19NO3. The third-order valence-corrected chi connectivity index (χ3v) is 2.38. The number of hydrogen-bond acceptors (Lipinski definition) is 3. The number of carbonyl (C=O) groups is 2. The van der Waals surface area contributed by atoms with Crippen molar-refractivity contribution in [3.8, 4) is 0 Å². The molecule has 4 nitrogen and oxygen atoms in total. The molecule has 1 saturated heterocycles.